The summed E-state index contributed by atoms with van der Waals surface area (Å²) in [6.07, 6.45) is 0.755. The lowest BCUT2D eigenvalue weighted by Crippen LogP contribution is -2.13. The SMILES string of the molecule is COCCn1ncc(Cl)c1C(O)c1cccc(I)c1. The lowest BCUT2D eigenvalue weighted by atomic mass is 10.1. The zero-order valence-corrected chi connectivity index (χ0v) is 13.3. The summed E-state index contributed by atoms with van der Waals surface area (Å²) >= 11 is 8.33. The van der Waals surface area contributed by atoms with Crippen LogP contribution in [0.3, 0.4) is 0 Å². The van der Waals surface area contributed by atoms with Crippen molar-refractivity contribution in [3.8, 4) is 0 Å². The maximum Gasteiger partial charge on any atom is 0.122 e. The molecule has 2 aromatic rings. The molecule has 0 aliphatic rings. The fourth-order valence-corrected chi connectivity index (χ4v) is 2.65. The highest BCUT2D eigenvalue weighted by Crippen LogP contribution is 2.28. The molecule has 1 N–H and O–H groups in total. The van der Waals surface area contributed by atoms with E-state index in [0.29, 0.717) is 23.9 Å². The Bertz CT molecular complexity index is 559. The monoisotopic (exact) mass is 392 g/mol. The lowest BCUT2D eigenvalue weighted by molar-refractivity contribution is 0.171. The summed E-state index contributed by atoms with van der Waals surface area (Å²) in [7, 11) is 1.63. The van der Waals surface area contributed by atoms with Crippen LogP contribution in [0, 0.1) is 3.57 Å². The van der Waals surface area contributed by atoms with Crippen molar-refractivity contribution >= 4 is 34.2 Å². The van der Waals surface area contributed by atoms with Crippen molar-refractivity contribution in [3.05, 3.63) is 50.3 Å². The third-order valence-electron chi connectivity index (χ3n) is 2.76. The average molecular weight is 393 g/mol. The van der Waals surface area contributed by atoms with Gasteiger partial charge in [0.15, 0.2) is 0 Å². The highest BCUT2D eigenvalue weighted by Gasteiger charge is 2.19. The quantitative estimate of drug-likeness (QED) is 0.796. The van der Waals surface area contributed by atoms with Gasteiger partial charge in [0, 0.05) is 10.7 Å². The summed E-state index contributed by atoms with van der Waals surface area (Å²) in [4.78, 5) is 0. The molecule has 1 aromatic heterocycles. The Morgan fingerprint density at radius 2 is 2.32 bits per heavy atom. The Hall–Kier alpha value is -0.630. The molecular weight excluding hydrogens is 379 g/mol. The predicted octanol–water partition coefficient (Wildman–Crippen LogP) is 2.87. The van der Waals surface area contributed by atoms with Gasteiger partial charge in [0.2, 0.25) is 0 Å². The van der Waals surface area contributed by atoms with E-state index in [1.54, 1.807) is 18.0 Å². The largest absolute Gasteiger partial charge is 0.383 e. The molecule has 0 aliphatic heterocycles. The Labute approximate surface area is 130 Å². The van der Waals surface area contributed by atoms with Gasteiger partial charge < -0.3 is 9.84 Å². The van der Waals surface area contributed by atoms with Crippen LogP contribution in [0.25, 0.3) is 0 Å². The predicted molar refractivity (Wildman–Crippen MR) is 82.3 cm³/mol. The molecule has 1 atom stereocenters. The average Bonchev–Trinajstić information content (AvgIpc) is 2.76. The summed E-state index contributed by atoms with van der Waals surface area (Å²) in [5.41, 5.74) is 1.40. The van der Waals surface area contributed by atoms with Crippen molar-refractivity contribution in [3.63, 3.8) is 0 Å². The van der Waals surface area contributed by atoms with E-state index in [-0.39, 0.29) is 0 Å². The molecule has 0 saturated carbocycles. The Morgan fingerprint density at radius 3 is 3.00 bits per heavy atom. The first-order valence-electron chi connectivity index (χ1n) is 5.77. The van der Waals surface area contributed by atoms with Gasteiger partial charge in [-0.05, 0) is 40.3 Å². The van der Waals surface area contributed by atoms with E-state index < -0.39 is 6.10 Å². The highest BCUT2D eigenvalue weighted by molar-refractivity contribution is 14.1. The number of aliphatic hydroxyl groups is 1. The Kier molecular flexibility index (Phi) is 5.20. The van der Waals surface area contributed by atoms with E-state index in [1.807, 2.05) is 24.3 Å². The molecule has 0 radical (unpaired) electrons. The number of hydrogen-bond donors (Lipinski definition) is 1. The van der Waals surface area contributed by atoms with Crippen molar-refractivity contribution < 1.29 is 9.84 Å². The van der Waals surface area contributed by atoms with Crippen LogP contribution in [0.1, 0.15) is 17.4 Å². The molecular formula is C13H14ClIN2O2. The van der Waals surface area contributed by atoms with Crippen LogP contribution in [0.4, 0.5) is 0 Å². The Balaban J connectivity index is 2.32. The molecule has 0 spiro atoms. The number of hydrogen-bond acceptors (Lipinski definition) is 3. The first-order chi connectivity index (χ1) is 9.13. The number of aliphatic hydroxyl groups excluding tert-OH is 1. The van der Waals surface area contributed by atoms with Crippen LogP contribution in [0.15, 0.2) is 30.5 Å². The van der Waals surface area contributed by atoms with Crippen molar-refractivity contribution in [1.82, 2.24) is 9.78 Å². The molecule has 1 aromatic carbocycles. The minimum atomic E-state index is -0.790. The van der Waals surface area contributed by atoms with Crippen LogP contribution >= 0.6 is 34.2 Å². The summed E-state index contributed by atoms with van der Waals surface area (Å²) in [6.45, 7) is 1.07. The molecule has 0 aliphatic carbocycles. The fraction of sp³-hybridized carbons (Fsp3) is 0.308. The van der Waals surface area contributed by atoms with Crippen molar-refractivity contribution in [2.24, 2.45) is 0 Å². The fourth-order valence-electron chi connectivity index (χ4n) is 1.83. The molecule has 4 nitrogen and oxygen atoms in total. The molecule has 0 bridgehead atoms. The minimum absolute atomic E-state index is 0.461. The second kappa shape index (κ2) is 6.69. The van der Waals surface area contributed by atoms with Crippen molar-refractivity contribution in [1.29, 1.82) is 0 Å². The van der Waals surface area contributed by atoms with Crippen LogP contribution in [-0.4, -0.2) is 28.6 Å². The Morgan fingerprint density at radius 1 is 1.53 bits per heavy atom. The number of methoxy groups -OCH3 is 1. The van der Waals surface area contributed by atoms with Gasteiger partial charge in [0.25, 0.3) is 0 Å². The van der Waals surface area contributed by atoms with Crippen LogP contribution in [-0.2, 0) is 11.3 Å². The smallest absolute Gasteiger partial charge is 0.122 e. The van der Waals surface area contributed by atoms with E-state index in [0.717, 1.165) is 9.13 Å². The number of benzene rings is 1. The maximum atomic E-state index is 10.5. The standard InChI is InChI=1S/C13H14ClIN2O2/c1-19-6-5-17-12(11(14)8-16-17)13(18)9-3-2-4-10(15)7-9/h2-4,7-8,13,18H,5-6H2,1H3. The van der Waals surface area contributed by atoms with E-state index in [1.165, 1.54) is 0 Å². The van der Waals surface area contributed by atoms with Crippen molar-refractivity contribution in [2.75, 3.05) is 13.7 Å². The van der Waals surface area contributed by atoms with E-state index in [2.05, 4.69) is 27.7 Å². The first-order valence-corrected chi connectivity index (χ1v) is 7.23. The second-order valence-corrected chi connectivity index (χ2v) is 5.70. The maximum absolute atomic E-state index is 10.5. The summed E-state index contributed by atoms with van der Waals surface area (Å²) in [5, 5.41) is 15.1. The topological polar surface area (TPSA) is 47.3 Å². The second-order valence-electron chi connectivity index (χ2n) is 4.05. The number of rotatable bonds is 5. The van der Waals surface area contributed by atoms with Gasteiger partial charge in [-0.1, -0.05) is 23.7 Å². The molecule has 2 rings (SSSR count). The molecule has 6 heteroatoms. The zero-order chi connectivity index (χ0) is 13.8. The highest BCUT2D eigenvalue weighted by atomic mass is 127. The normalized spacial score (nSPS) is 12.6. The molecule has 1 unspecified atom stereocenters. The van der Waals surface area contributed by atoms with E-state index >= 15 is 0 Å². The number of ether oxygens (including phenoxy) is 1. The number of aromatic nitrogens is 2. The van der Waals surface area contributed by atoms with E-state index in [9.17, 15) is 5.11 Å². The van der Waals surface area contributed by atoms with Gasteiger partial charge >= 0.3 is 0 Å². The molecule has 0 fully saturated rings. The molecule has 102 valence electrons. The summed E-state index contributed by atoms with van der Waals surface area (Å²) in [5.74, 6) is 0. The summed E-state index contributed by atoms with van der Waals surface area (Å²) < 4.78 is 7.77. The third-order valence-corrected chi connectivity index (χ3v) is 3.73. The molecule has 19 heavy (non-hydrogen) atoms. The summed E-state index contributed by atoms with van der Waals surface area (Å²) in [6, 6.07) is 7.68. The molecule has 0 saturated heterocycles. The number of halogens is 2. The van der Waals surface area contributed by atoms with Gasteiger partial charge in [0.05, 0.1) is 30.1 Å². The first kappa shape index (κ1) is 14.8. The van der Waals surface area contributed by atoms with Gasteiger partial charge in [-0.15, -0.1) is 0 Å². The van der Waals surface area contributed by atoms with Crippen LogP contribution in [0.2, 0.25) is 5.02 Å². The lowest BCUT2D eigenvalue weighted by Gasteiger charge is -2.14. The minimum Gasteiger partial charge on any atom is -0.383 e. The zero-order valence-electron chi connectivity index (χ0n) is 10.4. The molecule has 1 heterocycles. The van der Waals surface area contributed by atoms with Gasteiger partial charge in [-0.3, -0.25) is 4.68 Å². The van der Waals surface area contributed by atoms with Gasteiger partial charge in [0.1, 0.15) is 6.10 Å². The third kappa shape index (κ3) is 3.47. The van der Waals surface area contributed by atoms with Crippen LogP contribution in [0.5, 0.6) is 0 Å². The molecule has 0 amide bonds. The van der Waals surface area contributed by atoms with Crippen molar-refractivity contribution in [2.45, 2.75) is 12.6 Å². The van der Waals surface area contributed by atoms with Gasteiger partial charge in [-0.2, -0.15) is 5.10 Å². The van der Waals surface area contributed by atoms with Gasteiger partial charge in [-0.25, -0.2) is 0 Å². The number of nitrogens with zero attached hydrogens (tertiary/aromatic N) is 2. The van der Waals surface area contributed by atoms with E-state index in [4.69, 9.17) is 16.3 Å². The van der Waals surface area contributed by atoms with Crippen LogP contribution < -0.4 is 0 Å².